The van der Waals surface area contributed by atoms with Crippen molar-refractivity contribution in [2.75, 3.05) is 0 Å². The molecule has 0 aliphatic heterocycles. The topological polar surface area (TPSA) is 32.3 Å². The maximum atomic E-state index is 8.57. The van der Waals surface area contributed by atoms with Crippen LogP contribution in [-0.4, -0.2) is 5.21 Å². The molecule has 0 aromatic heterocycles. The van der Waals surface area contributed by atoms with Gasteiger partial charge in [0.2, 0.25) is 0 Å². The predicted molar refractivity (Wildman–Crippen MR) is 49.7 cm³/mol. The van der Waals surface area contributed by atoms with Gasteiger partial charge in [0.15, 0.2) is 0 Å². The molecule has 0 aromatic carbocycles. The van der Waals surface area contributed by atoms with Crippen LogP contribution >= 0.6 is 0 Å². The summed E-state index contributed by atoms with van der Waals surface area (Å²) in [5.74, 6) is 0.998. The lowest BCUT2D eigenvalue weighted by molar-refractivity contribution is 0.211. The van der Waals surface area contributed by atoms with Crippen molar-refractivity contribution in [2.45, 2.75) is 27.2 Å². The van der Waals surface area contributed by atoms with Crippen molar-refractivity contribution < 1.29 is 5.21 Å². The molecule has 2 nitrogen and oxygen atoms in total. The van der Waals surface area contributed by atoms with Crippen LogP contribution in [0, 0.1) is 11.8 Å². The average molecular weight is 167 g/mol. The molecule has 0 fully saturated rings. The SMILES string of the molecule is CC1=C[C@H](C)/C(=C/NO)[C@H](C)C1. The van der Waals surface area contributed by atoms with E-state index in [1.54, 1.807) is 6.20 Å². The van der Waals surface area contributed by atoms with E-state index >= 15 is 0 Å². The summed E-state index contributed by atoms with van der Waals surface area (Å²) in [5, 5.41) is 8.57. The number of hydrogen-bond acceptors (Lipinski definition) is 2. The van der Waals surface area contributed by atoms with Gasteiger partial charge in [-0.05, 0) is 30.8 Å². The molecule has 0 heterocycles. The molecule has 12 heavy (non-hydrogen) atoms. The van der Waals surface area contributed by atoms with Crippen LogP contribution in [0.25, 0.3) is 0 Å². The molecule has 0 aromatic rings. The molecule has 1 rings (SSSR count). The fourth-order valence-electron chi connectivity index (χ4n) is 1.99. The third-order valence-corrected chi connectivity index (χ3v) is 2.49. The van der Waals surface area contributed by atoms with Gasteiger partial charge >= 0.3 is 0 Å². The molecule has 0 spiro atoms. The minimum absolute atomic E-state index is 0.452. The first-order valence-corrected chi connectivity index (χ1v) is 4.42. The van der Waals surface area contributed by atoms with Gasteiger partial charge in [-0.2, -0.15) is 0 Å². The highest BCUT2D eigenvalue weighted by atomic mass is 16.5. The van der Waals surface area contributed by atoms with E-state index in [1.807, 2.05) is 0 Å². The minimum atomic E-state index is 0.452. The van der Waals surface area contributed by atoms with Gasteiger partial charge in [0.05, 0.1) is 0 Å². The zero-order valence-corrected chi connectivity index (χ0v) is 7.96. The van der Waals surface area contributed by atoms with E-state index in [4.69, 9.17) is 5.21 Å². The quantitative estimate of drug-likeness (QED) is 0.464. The summed E-state index contributed by atoms with van der Waals surface area (Å²) < 4.78 is 0. The summed E-state index contributed by atoms with van der Waals surface area (Å²) >= 11 is 0. The Labute approximate surface area is 73.9 Å². The molecule has 0 saturated carbocycles. The smallest absolute Gasteiger partial charge is 0.0241 e. The lowest BCUT2D eigenvalue weighted by atomic mass is 9.80. The van der Waals surface area contributed by atoms with Crippen molar-refractivity contribution in [3.63, 3.8) is 0 Å². The van der Waals surface area contributed by atoms with Crippen LogP contribution in [0.4, 0.5) is 0 Å². The fourth-order valence-corrected chi connectivity index (χ4v) is 1.99. The van der Waals surface area contributed by atoms with Crippen molar-refractivity contribution in [2.24, 2.45) is 11.8 Å². The van der Waals surface area contributed by atoms with Crippen molar-refractivity contribution in [3.8, 4) is 0 Å². The summed E-state index contributed by atoms with van der Waals surface area (Å²) in [5.41, 5.74) is 4.85. The Hall–Kier alpha value is -0.760. The Morgan fingerprint density at radius 3 is 2.75 bits per heavy atom. The van der Waals surface area contributed by atoms with Crippen LogP contribution in [0.15, 0.2) is 23.4 Å². The van der Waals surface area contributed by atoms with Gasteiger partial charge < -0.3 is 0 Å². The molecule has 2 N–H and O–H groups in total. The Balaban J connectivity index is 2.83. The molecule has 2 atom stereocenters. The average Bonchev–Trinajstić information content (AvgIpc) is 1.96. The van der Waals surface area contributed by atoms with Crippen molar-refractivity contribution in [1.29, 1.82) is 0 Å². The van der Waals surface area contributed by atoms with Gasteiger partial charge in [-0.1, -0.05) is 25.5 Å². The van der Waals surface area contributed by atoms with E-state index in [1.165, 1.54) is 11.1 Å². The maximum absolute atomic E-state index is 8.57. The van der Waals surface area contributed by atoms with Crippen LogP contribution in [0.5, 0.6) is 0 Å². The molecular weight excluding hydrogens is 150 g/mol. The van der Waals surface area contributed by atoms with E-state index < -0.39 is 0 Å². The van der Waals surface area contributed by atoms with Crippen molar-refractivity contribution in [3.05, 3.63) is 23.4 Å². The highest BCUT2D eigenvalue weighted by molar-refractivity contribution is 5.23. The standard InChI is InChI=1S/C10H17NO/c1-7-4-8(2)10(6-11-12)9(3)5-7/h4,6,8-9,11-12H,5H2,1-3H3/b10-6-/t8-,9+/m0/s1. The van der Waals surface area contributed by atoms with Gasteiger partial charge in [0, 0.05) is 6.20 Å². The van der Waals surface area contributed by atoms with Gasteiger partial charge in [-0.15, -0.1) is 0 Å². The zero-order chi connectivity index (χ0) is 9.14. The number of allylic oxidation sites excluding steroid dienone is 3. The highest BCUT2D eigenvalue weighted by Crippen LogP contribution is 2.31. The molecule has 2 heteroatoms. The summed E-state index contributed by atoms with van der Waals surface area (Å²) in [6, 6.07) is 0. The summed E-state index contributed by atoms with van der Waals surface area (Å²) in [6.07, 6.45) is 5.07. The second-order valence-electron chi connectivity index (χ2n) is 3.68. The first kappa shape index (κ1) is 9.33. The van der Waals surface area contributed by atoms with E-state index in [2.05, 4.69) is 32.3 Å². The first-order valence-electron chi connectivity index (χ1n) is 4.42. The zero-order valence-electron chi connectivity index (χ0n) is 7.96. The second-order valence-corrected chi connectivity index (χ2v) is 3.68. The predicted octanol–water partition coefficient (Wildman–Crippen LogP) is 2.47. The Morgan fingerprint density at radius 1 is 1.58 bits per heavy atom. The minimum Gasteiger partial charge on any atom is -0.292 e. The number of hydroxylamine groups is 1. The molecule has 0 bridgehead atoms. The summed E-state index contributed by atoms with van der Waals surface area (Å²) in [6.45, 7) is 6.51. The maximum Gasteiger partial charge on any atom is 0.0241 e. The van der Waals surface area contributed by atoms with Gasteiger partial charge in [-0.25, -0.2) is 0 Å². The number of hydrogen-bond donors (Lipinski definition) is 2. The highest BCUT2D eigenvalue weighted by Gasteiger charge is 2.19. The lowest BCUT2D eigenvalue weighted by Gasteiger charge is -2.25. The summed E-state index contributed by atoms with van der Waals surface area (Å²) in [7, 11) is 0. The van der Waals surface area contributed by atoms with E-state index in [9.17, 15) is 0 Å². The molecule has 0 amide bonds. The molecular formula is C10H17NO. The largest absolute Gasteiger partial charge is 0.292 e. The van der Waals surface area contributed by atoms with Crippen molar-refractivity contribution in [1.82, 2.24) is 5.48 Å². The van der Waals surface area contributed by atoms with E-state index in [0.29, 0.717) is 11.8 Å². The van der Waals surface area contributed by atoms with Gasteiger partial charge in [0.1, 0.15) is 0 Å². The normalized spacial score (nSPS) is 33.3. The molecule has 0 unspecified atom stereocenters. The first-order chi connectivity index (χ1) is 5.65. The summed E-state index contributed by atoms with van der Waals surface area (Å²) in [4.78, 5) is 0. The Kier molecular flexibility index (Phi) is 2.93. The van der Waals surface area contributed by atoms with Crippen LogP contribution in [-0.2, 0) is 0 Å². The van der Waals surface area contributed by atoms with Gasteiger partial charge in [-0.3, -0.25) is 10.7 Å². The van der Waals surface area contributed by atoms with Crippen LogP contribution in [0.3, 0.4) is 0 Å². The molecule has 1 aliphatic carbocycles. The third-order valence-electron chi connectivity index (χ3n) is 2.49. The number of rotatable bonds is 1. The molecule has 1 aliphatic rings. The van der Waals surface area contributed by atoms with Gasteiger partial charge in [0.25, 0.3) is 0 Å². The van der Waals surface area contributed by atoms with Crippen LogP contribution in [0.2, 0.25) is 0 Å². The van der Waals surface area contributed by atoms with E-state index in [-0.39, 0.29) is 0 Å². The van der Waals surface area contributed by atoms with Crippen molar-refractivity contribution >= 4 is 0 Å². The molecule has 68 valence electrons. The van der Waals surface area contributed by atoms with Crippen LogP contribution in [0.1, 0.15) is 27.2 Å². The monoisotopic (exact) mass is 167 g/mol. The Bertz CT molecular complexity index is 218. The third kappa shape index (κ3) is 1.89. The fraction of sp³-hybridized carbons (Fsp3) is 0.600. The number of nitrogens with one attached hydrogen (secondary N) is 1. The molecule has 0 radical (unpaired) electrons. The lowest BCUT2D eigenvalue weighted by Crippen LogP contribution is -2.15. The molecule has 0 saturated heterocycles. The van der Waals surface area contributed by atoms with E-state index in [0.717, 1.165) is 6.42 Å². The second kappa shape index (κ2) is 3.76. The Morgan fingerprint density at radius 2 is 2.25 bits per heavy atom. The van der Waals surface area contributed by atoms with Crippen LogP contribution < -0.4 is 5.48 Å².